The van der Waals surface area contributed by atoms with E-state index in [1.54, 1.807) is 6.92 Å². The third-order valence-corrected chi connectivity index (χ3v) is 2.22. The van der Waals surface area contributed by atoms with Crippen LogP contribution in [0.4, 0.5) is 0 Å². The molecule has 1 aromatic heterocycles. The van der Waals surface area contributed by atoms with Gasteiger partial charge >= 0.3 is 11.6 Å². The van der Waals surface area contributed by atoms with Gasteiger partial charge in [0.05, 0.1) is 0 Å². The summed E-state index contributed by atoms with van der Waals surface area (Å²) in [6, 6.07) is 0. The van der Waals surface area contributed by atoms with Crippen LogP contribution >= 0.6 is 0 Å². The molecule has 0 radical (unpaired) electrons. The highest BCUT2D eigenvalue weighted by Gasteiger charge is 2.24. The molecule has 2 aliphatic rings. The quantitative estimate of drug-likeness (QED) is 0.504. The summed E-state index contributed by atoms with van der Waals surface area (Å²) in [6.07, 6.45) is 2.63. The van der Waals surface area contributed by atoms with Crippen LogP contribution in [-0.4, -0.2) is 39.7 Å². The standard InChI is InChI=1S/C5H3N5O.C5H6N2O2/c6-5-9-3-2(4(11)10-5)7-1-8-3;1-3-2-6-5(9)7-4(3)8/h1H,(H2,6,10,11);2H,1H3,(H2,6,7,8,9). The molecule has 102 valence electrons. The number of guanidine groups is 1. The van der Waals surface area contributed by atoms with Crippen LogP contribution in [0.1, 0.15) is 5.56 Å². The van der Waals surface area contributed by atoms with E-state index < -0.39 is 11.6 Å². The highest BCUT2D eigenvalue weighted by Crippen LogP contribution is 2.01. The van der Waals surface area contributed by atoms with Crippen molar-refractivity contribution in [2.45, 2.75) is 6.92 Å². The maximum absolute atomic E-state index is 10.9. The van der Waals surface area contributed by atoms with E-state index in [0.29, 0.717) is 5.56 Å². The number of amidine groups is 1. The van der Waals surface area contributed by atoms with E-state index in [4.69, 9.17) is 5.73 Å². The summed E-state index contributed by atoms with van der Waals surface area (Å²) in [6.45, 7) is 1.62. The summed E-state index contributed by atoms with van der Waals surface area (Å²) in [5, 5.41) is 0. The number of carbonyl (C=O) groups is 1. The molecule has 0 spiro atoms. The van der Waals surface area contributed by atoms with E-state index in [1.807, 2.05) is 0 Å². The molecule has 1 aromatic rings. The van der Waals surface area contributed by atoms with Gasteiger partial charge in [0.15, 0.2) is 11.5 Å². The predicted octanol–water partition coefficient (Wildman–Crippen LogP) is -1.91. The van der Waals surface area contributed by atoms with E-state index in [-0.39, 0.29) is 23.1 Å². The zero-order valence-corrected chi connectivity index (χ0v) is 10.2. The summed E-state index contributed by atoms with van der Waals surface area (Å²) in [5.41, 5.74) is 5.07. The van der Waals surface area contributed by atoms with E-state index in [1.165, 1.54) is 12.5 Å². The van der Waals surface area contributed by atoms with Crippen LogP contribution in [0.15, 0.2) is 35.8 Å². The minimum atomic E-state index is -0.481. The van der Waals surface area contributed by atoms with Crippen LogP contribution in [0.3, 0.4) is 0 Å². The van der Waals surface area contributed by atoms with Gasteiger partial charge in [0.25, 0.3) is 5.56 Å². The summed E-state index contributed by atoms with van der Waals surface area (Å²) in [4.78, 5) is 50.6. The Bertz CT molecular complexity index is 794. The highest BCUT2D eigenvalue weighted by atomic mass is 16.2. The van der Waals surface area contributed by atoms with Gasteiger partial charge in [0.1, 0.15) is 6.34 Å². The zero-order valence-electron chi connectivity index (χ0n) is 10.2. The number of nitrogens with one attached hydrogen (secondary N) is 2. The number of aryl methyl sites for hydroxylation is 1. The van der Waals surface area contributed by atoms with Gasteiger partial charge in [-0.15, -0.1) is 0 Å². The van der Waals surface area contributed by atoms with Crippen LogP contribution in [0.25, 0.3) is 0 Å². The number of hydrogen-bond acceptors (Lipinski definition) is 7. The van der Waals surface area contributed by atoms with Crippen LogP contribution in [0, 0.1) is 6.92 Å². The van der Waals surface area contributed by atoms with Crippen molar-refractivity contribution in [3.63, 3.8) is 0 Å². The Morgan fingerprint density at radius 1 is 1.20 bits per heavy atom. The van der Waals surface area contributed by atoms with Crippen LogP contribution < -0.4 is 17.0 Å². The number of rotatable bonds is 0. The monoisotopic (exact) mass is 275 g/mol. The molecule has 0 fully saturated rings. The first-order valence-electron chi connectivity index (χ1n) is 5.34. The number of aromatic amines is 2. The molecule has 0 saturated heterocycles. The first-order valence-corrected chi connectivity index (χ1v) is 5.34. The maximum Gasteiger partial charge on any atom is 0.325 e. The molecule has 10 nitrogen and oxygen atoms in total. The number of carbonyl (C=O) groups excluding carboxylic acids is 1. The van der Waals surface area contributed by atoms with Crippen molar-refractivity contribution in [1.29, 1.82) is 0 Å². The van der Waals surface area contributed by atoms with Crippen LogP contribution in [0.2, 0.25) is 0 Å². The second-order valence-electron chi connectivity index (χ2n) is 3.69. The Labute approximate surface area is 110 Å². The second kappa shape index (κ2) is 5.22. The summed E-state index contributed by atoms with van der Waals surface area (Å²) >= 11 is 0. The van der Waals surface area contributed by atoms with Gasteiger partial charge in [-0.1, -0.05) is 0 Å². The first kappa shape index (κ1) is 13.3. The van der Waals surface area contributed by atoms with Gasteiger partial charge in [-0.05, 0) is 6.92 Å². The third kappa shape index (κ3) is 2.80. The number of nitrogens with zero attached hydrogens (tertiary/aromatic N) is 4. The van der Waals surface area contributed by atoms with Crippen molar-refractivity contribution < 1.29 is 4.79 Å². The maximum atomic E-state index is 10.9. The number of aromatic nitrogens is 2. The Morgan fingerprint density at radius 3 is 2.60 bits per heavy atom. The first-order chi connectivity index (χ1) is 9.47. The van der Waals surface area contributed by atoms with Gasteiger partial charge in [-0.3, -0.25) is 14.6 Å². The minimum Gasteiger partial charge on any atom is -0.368 e. The fraction of sp³-hybridized carbons (Fsp3) is 0.100. The smallest absolute Gasteiger partial charge is 0.325 e. The molecule has 0 atom stereocenters. The van der Waals surface area contributed by atoms with E-state index in [0.717, 1.165) is 0 Å². The molecule has 0 aromatic carbocycles. The summed E-state index contributed by atoms with van der Waals surface area (Å²) in [5.74, 6) is -0.296. The molecule has 0 aliphatic carbocycles. The Kier molecular flexibility index (Phi) is 3.46. The molecule has 2 aliphatic heterocycles. The Hall–Kier alpha value is -3.17. The van der Waals surface area contributed by atoms with Crippen LogP contribution in [0.5, 0.6) is 0 Å². The molecule has 3 heterocycles. The lowest BCUT2D eigenvalue weighted by atomic mass is 10.3. The van der Waals surface area contributed by atoms with Gasteiger partial charge in [-0.25, -0.2) is 14.8 Å². The lowest BCUT2D eigenvalue weighted by Crippen LogP contribution is -2.28. The Balaban J connectivity index is 0.000000151. The number of fused-ring (bicyclic) bond motifs is 1. The van der Waals surface area contributed by atoms with E-state index >= 15 is 0 Å². The number of amides is 1. The SMILES string of the molecule is Cc1c[nH]c(=O)[nH]c1=O.NC1=NC(=O)C2=NC=NC2=N1. The van der Waals surface area contributed by atoms with Crippen molar-refractivity contribution in [2.24, 2.45) is 25.7 Å². The molecule has 0 bridgehead atoms. The minimum absolute atomic E-state index is 0.0667. The van der Waals surface area contributed by atoms with Crippen molar-refractivity contribution >= 4 is 29.8 Å². The fourth-order valence-corrected chi connectivity index (χ4v) is 1.26. The van der Waals surface area contributed by atoms with Crippen molar-refractivity contribution in [3.05, 3.63) is 32.6 Å². The molecule has 0 saturated carbocycles. The Morgan fingerprint density at radius 2 is 1.95 bits per heavy atom. The molecule has 4 N–H and O–H groups in total. The number of H-pyrrole nitrogens is 2. The number of nitrogens with two attached hydrogens (primary N) is 1. The molecular weight excluding hydrogens is 266 g/mol. The molecule has 10 heteroatoms. The third-order valence-electron chi connectivity index (χ3n) is 2.22. The topological polar surface area (TPSA) is 158 Å². The highest BCUT2D eigenvalue weighted by molar-refractivity contribution is 6.71. The van der Waals surface area contributed by atoms with Gasteiger partial charge in [0.2, 0.25) is 5.96 Å². The summed E-state index contributed by atoms with van der Waals surface area (Å²) < 4.78 is 0. The van der Waals surface area contributed by atoms with Crippen molar-refractivity contribution in [3.8, 4) is 0 Å². The molecule has 20 heavy (non-hydrogen) atoms. The zero-order chi connectivity index (χ0) is 14.7. The lowest BCUT2D eigenvalue weighted by molar-refractivity contribution is -0.111. The fourth-order valence-electron chi connectivity index (χ4n) is 1.26. The number of hydrogen-bond donors (Lipinski definition) is 3. The predicted molar refractivity (Wildman–Crippen MR) is 72.4 cm³/mol. The van der Waals surface area contributed by atoms with E-state index in [2.05, 4.69) is 29.9 Å². The van der Waals surface area contributed by atoms with Gasteiger partial charge < -0.3 is 10.7 Å². The van der Waals surface area contributed by atoms with Crippen molar-refractivity contribution in [1.82, 2.24) is 9.97 Å². The largest absolute Gasteiger partial charge is 0.368 e. The normalized spacial score (nSPS) is 15.7. The lowest BCUT2D eigenvalue weighted by Gasteiger charge is -2.01. The average Bonchev–Trinajstić information content (AvgIpc) is 2.83. The average molecular weight is 275 g/mol. The molecule has 0 unspecified atom stereocenters. The molecule has 3 rings (SSSR count). The van der Waals surface area contributed by atoms with Crippen molar-refractivity contribution in [2.75, 3.05) is 0 Å². The van der Waals surface area contributed by atoms with Gasteiger partial charge in [-0.2, -0.15) is 9.98 Å². The molecule has 1 amide bonds. The number of aliphatic imine (C=N–C) groups is 4. The summed E-state index contributed by atoms with van der Waals surface area (Å²) in [7, 11) is 0. The van der Waals surface area contributed by atoms with Gasteiger partial charge in [0, 0.05) is 11.8 Å². The molecular formula is C10H9N7O3. The van der Waals surface area contributed by atoms with Crippen LogP contribution in [-0.2, 0) is 4.79 Å². The second-order valence-corrected chi connectivity index (χ2v) is 3.69. The van der Waals surface area contributed by atoms with E-state index in [9.17, 15) is 14.4 Å².